The van der Waals surface area contributed by atoms with Crippen LogP contribution in [0, 0.1) is 10.1 Å². The fourth-order valence-corrected chi connectivity index (χ4v) is 3.78. The molecule has 2 aromatic heterocycles. The van der Waals surface area contributed by atoms with Crippen molar-refractivity contribution in [2.45, 2.75) is 23.4 Å². The molecule has 0 saturated carbocycles. The van der Waals surface area contributed by atoms with Crippen LogP contribution in [0.15, 0.2) is 50.1 Å². The number of hydrogen-bond donors (Lipinski definition) is 1. The summed E-state index contributed by atoms with van der Waals surface area (Å²) in [6.07, 6.45) is 1.35. The number of amides is 1. The number of anilines is 1. The number of ether oxygens (including phenoxy) is 1. The molecule has 0 spiro atoms. The monoisotopic (exact) mass is 462 g/mol. The molecule has 2 heterocycles. The minimum absolute atomic E-state index is 0.0480. The second-order valence-corrected chi connectivity index (χ2v) is 8.03. The van der Waals surface area contributed by atoms with E-state index in [4.69, 9.17) is 9.15 Å². The van der Waals surface area contributed by atoms with Crippen molar-refractivity contribution in [2.75, 3.05) is 5.32 Å². The Balaban J connectivity index is 1.59. The van der Waals surface area contributed by atoms with Gasteiger partial charge in [0, 0.05) is 24.6 Å². The fraction of sp³-hybridized carbons (Fsp3) is 0.167. The zero-order chi connectivity index (χ0) is 22.4. The highest BCUT2D eigenvalue weighted by Crippen LogP contribution is 2.28. The van der Waals surface area contributed by atoms with Gasteiger partial charge in [0.1, 0.15) is 12.0 Å². The van der Waals surface area contributed by atoms with Crippen LogP contribution < -0.4 is 15.5 Å². The first-order chi connectivity index (χ1) is 14.9. The SMILES string of the molecule is CCC(=O)Nc1nnc(SCc2cc(=O)c(OC(=O)c3ccc([N+](=O)[O-])cc3)co2)s1. The van der Waals surface area contributed by atoms with Crippen molar-refractivity contribution >= 4 is 45.8 Å². The molecule has 31 heavy (non-hydrogen) atoms. The molecule has 0 aliphatic carbocycles. The van der Waals surface area contributed by atoms with Crippen LogP contribution in [0.3, 0.4) is 0 Å². The third-order valence-electron chi connectivity index (χ3n) is 3.68. The van der Waals surface area contributed by atoms with Gasteiger partial charge >= 0.3 is 5.97 Å². The van der Waals surface area contributed by atoms with E-state index in [9.17, 15) is 24.5 Å². The first-order valence-corrected chi connectivity index (χ1v) is 10.5. The molecule has 11 nitrogen and oxygen atoms in total. The third kappa shape index (κ3) is 5.96. The minimum Gasteiger partial charge on any atom is -0.464 e. The summed E-state index contributed by atoms with van der Waals surface area (Å²) < 4.78 is 10.9. The molecule has 0 aliphatic rings. The van der Waals surface area contributed by atoms with E-state index in [0.29, 0.717) is 21.7 Å². The van der Waals surface area contributed by atoms with Gasteiger partial charge in [-0.3, -0.25) is 19.7 Å². The van der Waals surface area contributed by atoms with Gasteiger partial charge < -0.3 is 14.5 Å². The van der Waals surface area contributed by atoms with Crippen LogP contribution in [0.2, 0.25) is 0 Å². The maximum Gasteiger partial charge on any atom is 0.343 e. The lowest BCUT2D eigenvalue weighted by Crippen LogP contribution is -2.14. The molecule has 1 aromatic carbocycles. The second kappa shape index (κ2) is 9.95. The molecule has 13 heteroatoms. The number of nitro benzene ring substituents is 1. The molecule has 3 rings (SSSR count). The summed E-state index contributed by atoms with van der Waals surface area (Å²) in [6, 6.07) is 5.96. The predicted molar refractivity (Wildman–Crippen MR) is 111 cm³/mol. The highest BCUT2D eigenvalue weighted by molar-refractivity contribution is 8.00. The number of nitro groups is 1. The van der Waals surface area contributed by atoms with E-state index in [1.807, 2.05) is 0 Å². The molecule has 1 N–H and O–H groups in total. The first-order valence-electron chi connectivity index (χ1n) is 8.70. The number of aromatic nitrogens is 2. The summed E-state index contributed by atoms with van der Waals surface area (Å²) in [4.78, 5) is 45.8. The van der Waals surface area contributed by atoms with Crippen LogP contribution in [-0.2, 0) is 10.5 Å². The molecule has 0 fully saturated rings. The van der Waals surface area contributed by atoms with Gasteiger partial charge in [-0.15, -0.1) is 10.2 Å². The van der Waals surface area contributed by atoms with Crippen LogP contribution in [0.5, 0.6) is 5.75 Å². The molecule has 160 valence electrons. The molecule has 0 saturated heterocycles. The number of nitrogens with zero attached hydrogens (tertiary/aromatic N) is 3. The lowest BCUT2D eigenvalue weighted by Gasteiger charge is -2.04. The number of benzene rings is 1. The summed E-state index contributed by atoms with van der Waals surface area (Å²) in [5, 5.41) is 21.4. The fourth-order valence-electron chi connectivity index (χ4n) is 2.13. The number of thioether (sulfide) groups is 1. The van der Waals surface area contributed by atoms with Crippen molar-refractivity contribution < 1.29 is 23.7 Å². The van der Waals surface area contributed by atoms with Gasteiger partial charge in [0.15, 0.2) is 4.34 Å². The average molecular weight is 462 g/mol. The second-order valence-electron chi connectivity index (χ2n) is 5.83. The topological polar surface area (TPSA) is 155 Å². The lowest BCUT2D eigenvalue weighted by atomic mass is 10.2. The molecule has 0 bridgehead atoms. The first kappa shape index (κ1) is 22.1. The van der Waals surface area contributed by atoms with Gasteiger partial charge in [0.25, 0.3) is 5.69 Å². The highest BCUT2D eigenvalue weighted by atomic mass is 32.2. The number of nitrogens with one attached hydrogen (secondary N) is 1. The summed E-state index contributed by atoms with van der Waals surface area (Å²) in [5.74, 6) is -0.739. The normalized spacial score (nSPS) is 10.5. The lowest BCUT2D eigenvalue weighted by molar-refractivity contribution is -0.384. The van der Waals surface area contributed by atoms with Crippen molar-refractivity contribution in [3.63, 3.8) is 0 Å². The minimum atomic E-state index is -0.847. The molecular weight excluding hydrogens is 448 g/mol. The van der Waals surface area contributed by atoms with E-state index in [1.165, 1.54) is 41.3 Å². The Labute approximate surface area is 182 Å². The Morgan fingerprint density at radius 3 is 2.68 bits per heavy atom. The van der Waals surface area contributed by atoms with E-state index in [0.717, 1.165) is 18.4 Å². The van der Waals surface area contributed by atoms with Crippen molar-refractivity contribution in [1.29, 1.82) is 0 Å². The van der Waals surface area contributed by atoms with Gasteiger partial charge in [-0.05, 0) is 12.1 Å². The van der Waals surface area contributed by atoms with E-state index in [1.54, 1.807) is 6.92 Å². The quantitative estimate of drug-likeness (QED) is 0.173. The van der Waals surface area contributed by atoms with Gasteiger partial charge in [-0.1, -0.05) is 30.0 Å². The van der Waals surface area contributed by atoms with Crippen LogP contribution in [-0.4, -0.2) is 27.0 Å². The van der Waals surface area contributed by atoms with E-state index < -0.39 is 16.3 Å². The van der Waals surface area contributed by atoms with Crippen molar-refractivity contribution in [3.8, 4) is 5.75 Å². The molecule has 0 radical (unpaired) electrons. The van der Waals surface area contributed by atoms with Gasteiger partial charge in [-0.25, -0.2) is 4.79 Å². The Kier molecular flexibility index (Phi) is 7.10. The van der Waals surface area contributed by atoms with Crippen molar-refractivity contribution in [2.24, 2.45) is 0 Å². The number of hydrogen-bond acceptors (Lipinski definition) is 11. The standard InChI is InChI=1S/C18H14N4O7S2/c1-2-15(24)19-17-20-21-18(31-17)30-9-12-7-13(23)14(8-28-12)29-16(25)10-3-5-11(6-4-10)22(26)27/h3-8H,2,9H2,1H3,(H,19,20,24). The summed E-state index contributed by atoms with van der Waals surface area (Å²) in [6.45, 7) is 1.72. The number of carbonyl (C=O) groups excluding carboxylic acids is 2. The summed E-state index contributed by atoms with van der Waals surface area (Å²) >= 11 is 2.45. The van der Waals surface area contributed by atoms with Crippen LogP contribution in [0.1, 0.15) is 29.5 Å². The van der Waals surface area contributed by atoms with Gasteiger partial charge in [0.2, 0.25) is 22.2 Å². The maximum atomic E-state index is 12.2. The zero-order valence-corrected chi connectivity index (χ0v) is 17.5. The third-order valence-corrected chi connectivity index (χ3v) is 5.67. The van der Waals surface area contributed by atoms with Crippen molar-refractivity contribution in [1.82, 2.24) is 10.2 Å². The summed E-state index contributed by atoms with van der Waals surface area (Å²) in [7, 11) is 0. The van der Waals surface area contributed by atoms with E-state index in [-0.39, 0.29) is 28.7 Å². The van der Waals surface area contributed by atoms with Crippen LogP contribution in [0.25, 0.3) is 0 Å². The molecule has 0 unspecified atom stereocenters. The van der Waals surface area contributed by atoms with Crippen molar-refractivity contribution in [3.05, 3.63) is 68.3 Å². The summed E-state index contributed by atoms with van der Waals surface area (Å²) in [5.41, 5.74) is -0.689. The largest absolute Gasteiger partial charge is 0.464 e. The molecule has 3 aromatic rings. The van der Waals surface area contributed by atoms with E-state index in [2.05, 4.69) is 15.5 Å². The Morgan fingerprint density at radius 2 is 2.03 bits per heavy atom. The van der Waals surface area contributed by atoms with Gasteiger partial charge in [-0.2, -0.15) is 0 Å². The Bertz CT molecular complexity index is 1170. The molecular formula is C18H14N4O7S2. The number of rotatable bonds is 8. The number of esters is 1. The number of carbonyl (C=O) groups is 2. The maximum absolute atomic E-state index is 12.2. The Morgan fingerprint density at radius 1 is 1.29 bits per heavy atom. The Hall–Kier alpha value is -3.58. The average Bonchev–Trinajstić information content (AvgIpc) is 3.21. The highest BCUT2D eigenvalue weighted by Gasteiger charge is 2.15. The van der Waals surface area contributed by atoms with Crippen LogP contribution in [0.4, 0.5) is 10.8 Å². The van der Waals surface area contributed by atoms with E-state index >= 15 is 0 Å². The number of non-ortho nitro benzene ring substituents is 1. The van der Waals surface area contributed by atoms with Gasteiger partial charge in [0.05, 0.1) is 16.2 Å². The smallest absolute Gasteiger partial charge is 0.343 e. The zero-order valence-electron chi connectivity index (χ0n) is 15.9. The molecule has 0 atom stereocenters. The van der Waals surface area contributed by atoms with Crippen LogP contribution >= 0.6 is 23.1 Å². The molecule has 0 aliphatic heterocycles. The predicted octanol–water partition coefficient (Wildman–Crippen LogP) is 3.26. The molecule has 1 amide bonds.